The predicted octanol–water partition coefficient (Wildman–Crippen LogP) is 3.89. The van der Waals surface area contributed by atoms with E-state index in [1.807, 2.05) is 39.0 Å². The molecular weight excluding hydrogens is 296 g/mol. The highest BCUT2D eigenvalue weighted by molar-refractivity contribution is 5.74. The molecule has 126 valence electrons. The number of hydrogen-bond acceptors (Lipinski definition) is 4. The number of allylic oxidation sites excluding steroid dienone is 3. The van der Waals surface area contributed by atoms with Crippen molar-refractivity contribution in [2.75, 3.05) is 22.9 Å². The Morgan fingerprint density at radius 2 is 2.12 bits per heavy atom. The van der Waals surface area contributed by atoms with Gasteiger partial charge in [-0.2, -0.15) is 0 Å². The van der Waals surface area contributed by atoms with E-state index in [-0.39, 0.29) is 0 Å². The van der Waals surface area contributed by atoms with Gasteiger partial charge in [-0.25, -0.2) is 4.98 Å². The summed E-state index contributed by atoms with van der Waals surface area (Å²) in [7, 11) is 0. The lowest BCUT2D eigenvalue weighted by Gasteiger charge is -2.38. The van der Waals surface area contributed by atoms with E-state index in [1.54, 1.807) is 0 Å². The fraction of sp³-hybridized carbons (Fsp3) is 0.350. The van der Waals surface area contributed by atoms with E-state index in [9.17, 15) is 0 Å². The zero-order valence-corrected chi connectivity index (χ0v) is 14.8. The van der Waals surface area contributed by atoms with E-state index in [4.69, 9.17) is 4.98 Å². The number of fused-ring (bicyclic) bond motifs is 4. The number of nitrogens with one attached hydrogen (secondary N) is 1. The molecule has 4 heteroatoms. The highest BCUT2D eigenvalue weighted by Crippen LogP contribution is 2.40. The zero-order chi connectivity index (χ0) is 17.3. The van der Waals surface area contributed by atoms with Gasteiger partial charge >= 0.3 is 0 Å². The predicted molar refractivity (Wildman–Crippen MR) is 102 cm³/mol. The van der Waals surface area contributed by atoms with Crippen molar-refractivity contribution in [2.45, 2.75) is 33.2 Å². The van der Waals surface area contributed by atoms with E-state index in [2.05, 4.69) is 40.4 Å². The van der Waals surface area contributed by atoms with Gasteiger partial charge in [-0.15, -0.1) is 0 Å². The van der Waals surface area contributed by atoms with Crippen molar-refractivity contribution in [1.29, 1.82) is 0 Å². The minimum atomic E-state index is 0.417. The van der Waals surface area contributed by atoms with Gasteiger partial charge in [0.2, 0.25) is 0 Å². The van der Waals surface area contributed by atoms with Gasteiger partial charge in [-0.05, 0) is 44.9 Å². The van der Waals surface area contributed by atoms with E-state index in [1.165, 1.54) is 5.69 Å². The molecular formula is C20H26N4. The van der Waals surface area contributed by atoms with Crippen LogP contribution in [0.4, 0.5) is 11.5 Å². The summed E-state index contributed by atoms with van der Waals surface area (Å²) in [5.41, 5.74) is 4.15. The van der Waals surface area contributed by atoms with Crippen molar-refractivity contribution >= 4 is 11.5 Å². The van der Waals surface area contributed by atoms with Crippen LogP contribution < -0.4 is 15.1 Å². The number of pyridine rings is 1. The van der Waals surface area contributed by atoms with Gasteiger partial charge in [-0.3, -0.25) is 0 Å². The molecule has 1 atom stereocenters. The average Bonchev–Trinajstić information content (AvgIpc) is 2.97. The third-order valence-corrected chi connectivity index (χ3v) is 4.66. The van der Waals surface area contributed by atoms with Crippen molar-refractivity contribution in [3.05, 3.63) is 66.3 Å². The normalized spacial score (nSPS) is 19.6. The van der Waals surface area contributed by atoms with Crippen LogP contribution in [0.1, 0.15) is 26.0 Å². The van der Waals surface area contributed by atoms with E-state index in [0.29, 0.717) is 6.04 Å². The lowest BCUT2D eigenvalue weighted by atomic mass is 10.1. The Hall–Kier alpha value is -2.49. The molecule has 1 saturated heterocycles. The molecule has 2 bridgehead atoms. The second-order valence-corrected chi connectivity index (χ2v) is 6.35. The minimum Gasteiger partial charge on any atom is -0.366 e. The Labute approximate surface area is 144 Å². The van der Waals surface area contributed by atoms with Crippen LogP contribution in [0.15, 0.2) is 60.6 Å². The third-order valence-electron chi connectivity index (χ3n) is 4.66. The fourth-order valence-electron chi connectivity index (χ4n) is 3.50. The Morgan fingerprint density at radius 3 is 2.83 bits per heavy atom. The van der Waals surface area contributed by atoms with Gasteiger partial charge in [-0.1, -0.05) is 31.4 Å². The van der Waals surface area contributed by atoms with Gasteiger partial charge in [0, 0.05) is 24.5 Å². The zero-order valence-electron chi connectivity index (χ0n) is 14.8. The number of aromatic nitrogens is 1. The lowest BCUT2D eigenvalue weighted by molar-refractivity contribution is 0.650. The molecule has 0 radical (unpaired) electrons. The summed E-state index contributed by atoms with van der Waals surface area (Å²) in [4.78, 5) is 9.48. The molecule has 1 aromatic rings. The van der Waals surface area contributed by atoms with Crippen LogP contribution in [-0.4, -0.2) is 24.1 Å². The van der Waals surface area contributed by atoms with E-state index >= 15 is 0 Å². The minimum absolute atomic E-state index is 0.417. The summed E-state index contributed by atoms with van der Waals surface area (Å²) < 4.78 is 0. The highest BCUT2D eigenvalue weighted by atomic mass is 15.4. The molecule has 0 unspecified atom stereocenters. The number of anilines is 2. The van der Waals surface area contributed by atoms with Crippen LogP contribution in [0.25, 0.3) is 0 Å². The number of rotatable bonds is 5. The van der Waals surface area contributed by atoms with Crippen LogP contribution >= 0.6 is 0 Å². The summed E-state index contributed by atoms with van der Waals surface area (Å²) >= 11 is 0. The summed E-state index contributed by atoms with van der Waals surface area (Å²) in [6, 6.07) is 4.67. The molecule has 0 saturated carbocycles. The molecule has 3 heterocycles. The molecule has 0 aliphatic carbocycles. The largest absolute Gasteiger partial charge is 0.366 e. The molecule has 24 heavy (non-hydrogen) atoms. The van der Waals surface area contributed by atoms with Gasteiger partial charge in [0.25, 0.3) is 0 Å². The molecule has 3 rings (SSSR count). The second kappa shape index (κ2) is 6.56. The van der Waals surface area contributed by atoms with Gasteiger partial charge in [0.05, 0.1) is 11.7 Å². The molecule has 1 fully saturated rings. The Balaban J connectivity index is 1.90. The van der Waals surface area contributed by atoms with Gasteiger partial charge < -0.3 is 15.1 Å². The number of nitrogens with zero attached hydrogens (tertiary/aromatic N) is 3. The molecule has 0 spiro atoms. The standard InChI is InChI=1S/C20H26N4/c1-6-8-14(3)18(7-2)22-16(5)24-17-11-12-23(13-17)19-10-9-15(4)21-20(19)24/h6-10,17,22H,3,5,11-13H2,1-2,4H3/b8-6-,18-7+/t17-/m0/s1. The summed E-state index contributed by atoms with van der Waals surface area (Å²) in [6.45, 7) is 16.6. The van der Waals surface area contributed by atoms with Crippen LogP contribution in [0.5, 0.6) is 0 Å². The van der Waals surface area contributed by atoms with E-state index in [0.717, 1.165) is 48.1 Å². The van der Waals surface area contributed by atoms with Crippen LogP contribution in [0.2, 0.25) is 0 Å². The molecule has 0 amide bonds. The molecule has 1 aromatic heterocycles. The summed E-state index contributed by atoms with van der Waals surface area (Å²) in [6.07, 6.45) is 7.14. The van der Waals surface area contributed by atoms with Crippen LogP contribution in [0.3, 0.4) is 0 Å². The monoisotopic (exact) mass is 322 g/mol. The quantitative estimate of drug-likeness (QED) is 0.834. The topological polar surface area (TPSA) is 31.4 Å². The maximum atomic E-state index is 4.80. The highest BCUT2D eigenvalue weighted by Gasteiger charge is 2.38. The molecule has 2 aliphatic rings. The molecule has 4 nitrogen and oxygen atoms in total. The van der Waals surface area contributed by atoms with Gasteiger partial charge in [0.1, 0.15) is 5.82 Å². The number of hydrogen-bond donors (Lipinski definition) is 1. The van der Waals surface area contributed by atoms with Crippen LogP contribution in [-0.2, 0) is 0 Å². The fourth-order valence-corrected chi connectivity index (χ4v) is 3.50. The molecule has 2 aliphatic heterocycles. The number of aryl methyl sites for hydroxylation is 1. The maximum Gasteiger partial charge on any atom is 0.158 e. The molecule has 0 aromatic carbocycles. The second-order valence-electron chi connectivity index (χ2n) is 6.35. The van der Waals surface area contributed by atoms with E-state index < -0.39 is 0 Å². The van der Waals surface area contributed by atoms with Crippen LogP contribution in [0, 0.1) is 6.92 Å². The average molecular weight is 322 g/mol. The Bertz CT molecular complexity index is 729. The Kier molecular flexibility index (Phi) is 4.47. The summed E-state index contributed by atoms with van der Waals surface area (Å²) in [5.74, 6) is 1.87. The third kappa shape index (κ3) is 2.84. The Morgan fingerprint density at radius 1 is 1.33 bits per heavy atom. The SMILES string of the molecule is C=C(/C=C\C)/C(=C\C)NC(=C)N1c2nc(C)ccc2N2CC[C@H]1C2. The first-order valence-corrected chi connectivity index (χ1v) is 8.51. The van der Waals surface area contributed by atoms with Crippen molar-refractivity contribution < 1.29 is 0 Å². The molecule has 1 N–H and O–H groups in total. The first-order chi connectivity index (χ1) is 11.5. The first-order valence-electron chi connectivity index (χ1n) is 8.51. The first kappa shape index (κ1) is 16.4. The van der Waals surface area contributed by atoms with Crippen molar-refractivity contribution in [3.8, 4) is 0 Å². The summed E-state index contributed by atoms with van der Waals surface area (Å²) in [5, 5.41) is 3.45. The van der Waals surface area contributed by atoms with Gasteiger partial charge in [0.15, 0.2) is 5.82 Å². The smallest absolute Gasteiger partial charge is 0.158 e. The van der Waals surface area contributed by atoms with Crippen molar-refractivity contribution in [1.82, 2.24) is 10.3 Å². The van der Waals surface area contributed by atoms with Crippen molar-refractivity contribution in [3.63, 3.8) is 0 Å². The van der Waals surface area contributed by atoms with Crippen molar-refractivity contribution in [2.24, 2.45) is 0 Å². The maximum absolute atomic E-state index is 4.80. The lowest BCUT2D eigenvalue weighted by Crippen LogP contribution is -2.45.